The molecule has 0 atom stereocenters. The van der Waals surface area contributed by atoms with Crippen LogP contribution in [0.2, 0.25) is 0 Å². The number of nitrogens with one attached hydrogen (secondary N) is 1. The molecule has 1 saturated heterocycles. The van der Waals surface area contributed by atoms with Crippen LogP contribution in [0.25, 0.3) is 10.8 Å². The number of carbonyl (C=O) groups excluding carboxylic acids is 2. The van der Waals surface area contributed by atoms with Crippen molar-refractivity contribution >= 4 is 22.6 Å². The van der Waals surface area contributed by atoms with Crippen LogP contribution < -0.4 is 5.32 Å². The van der Waals surface area contributed by atoms with Gasteiger partial charge in [-0.1, -0.05) is 60.7 Å². The average Bonchev–Trinajstić information content (AvgIpc) is 2.79. The van der Waals surface area contributed by atoms with E-state index in [0.717, 1.165) is 43.1 Å². The summed E-state index contributed by atoms with van der Waals surface area (Å²) in [5, 5.41) is 5.04. The predicted octanol–water partition coefficient (Wildman–Crippen LogP) is 4.44. The van der Waals surface area contributed by atoms with Gasteiger partial charge in [-0.05, 0) is 53.6 Å². The van der Waals surface area contributed by atoms with E-state index in [2.05, 4.69) is 29.6 Å². The van der Waals surface area contributed by atoms with Crippen molar-refractivity contribution in [1.29, 1.82) is 0 Å². The Morgan fingerprint density at radius 3 is 2.33 bits per heavy atom. The smallest absolute Gasteiger partial charge is 0.251 e. The van der Waals surface area contributed by atoms with Crippen molar-refractivity contribution in [3.8, 4) is 0 Å². The maximum Gasteiger partial charge on any atom is 0.251 e. The van der Waals surface area contributed by atoms with Gasteiger partial charge in [0.15, 0.2) is 0 Å². The largest absolute Gasteiger partial charge is 0.352 e. The zero-order valence-corrected chi connectivity index (χ0v) is 17.2. The summed E-state index contributed by atoms with van der Waals surface area (Å²) in [5.41, 5.74) is 2.00. The van der Waals surface area contributed by atoms with Gasteiger partial charge in [-0.2, -0.15) is 0 Å². The molecule has 4 nitrogen and oxygen atoms in total. The molecule has 0 radical (unpaired) electrons. The summed E-state index contributed by atoms with van der Waals surface area (Å²) in [6.07, 6.45) is 3.53. The number of amides is 2. The number of benzene rings is 3. The predicted molar refractivity (Wildman–Crippen MR) is 120 cm³/mol. The van der Waals surface area contributed by atoms with E-state index in [9.17, 15) is 9.59 Å². The zero-order chi connectivity index (χ0) is 20.8. The highest BCUT2D eigenvalue weighted by molar-refractivity contribution is 5.98. The van der Waals surface area contributed by atoms with Crippen molar-refractivity contribution in [3.63, 3.8) is 0 Å². The quantitative estimate of drug-likeness (QED) is 0.665. The lowest BCUT2D eigenvalue weighted by Crippen LogP contribution is -2.40. The normalized spacial score (nSPS) is 14.6. The second kappa shape index (κ2) is 9.57. The molecular formula is C26H28N2O2. The summed E-state index contributed by atoms with van der Waals surface area (Å²) in [5.74, 6) is 0.645. The van der Waals surface area contributed by atoms with Crippen LogP contribution in [0.4, 0.5) is 0 Å². The summed E-state index contributed by atoms with van der Waals surface area (Å²) >= 11 is 0. The van der Waals surface area contributed by atoms with E-state index < -0.39 is 0 Å². The van der Waals surface area contributed by atoms with Crippen molar-refractivity contribution in [1.82, 2.24) is 10.2 Å². The van der Waals surface area contributed by atoms with Gasteiger partial charge < -0.3 is 10.2 Å². The van der Waals surface area contributed by atoms with Gasteiger partial charge in [-0.15, -0.1) is 0 Å². The summed E-state index contributed by atoms with van der Waals surface area (Å²) < 4.78 is 0. The zero-order valence-electron chi connectivity index (χ0n) is 17.2. The van der Waals surface area contributed by atoms with Crippen molar-refractivity contribution in [3.05, 3.63) is 83.9 Å². The highest BCUT2D eigenvalue weighted by atomic mass is 16.2. The molecule has 154 valence electrons. The molecule has 3 aromatic rings. The molecular weight excluding hydrogens is 372 g/mol. The molecule has 1 heterocycles. The SMILES string of the molecule is O=C(NCCC(=O)N1CCC(Cc2ccccc2)CC1)c1ccc2ccccc2c1. The number of nitrogens with zero attached hydrogens (tertiary/aromatic N) is 1. The van der Waals surface area contributed by atoms with Crippen molar-refractivity contribution in [2.75, 3.05) is 19.6 Å². The minimum absolute atomic E-state index is 0.130. The number of piperidine rings is 1. The number of hydrogen-bond acceptors (Lipinski definition) is 2. The fourth-order valence-corrected chi connectivity index (χ4v) is 4.21. The molecule has 0 saturated carbocycles. The number of likely N-dealkylation sites (tertiary alicyclic amines) is 1. The van der Waals surface area contributed by atoms with E-state index in [4.69, 9.17) is 0 Å². The van der Waals surface area contributed by atoms with Crippen LogP contribution in [0.1, 0.15) is 35.2 Å². The van der Waals surface area contributed by atoms with Crippen LogP contribution in [0.15, 0.2) is 72.8 Å². The van der Waals surface area contributed by atoms with E-state index in [-0.39, 0.29) is 11.8 Å². The van der Waals surface area contributed by atoms with E-state index in [1.165, 1.54) is 5.56 Å². The minimum Gasteiger partial charge on any atom is -0.352 e. The van der Waals surface area contributed by atoms with Crippen LogP contribution in [0.5, 0.6) is 0 Å². The monoisotopic (exact) mass is 400 g/mol. The molecule has 1 aliphatic rings. The Kier molecular flexibility index (Phi) is 6.43. The van der Waals surface area contributed by atoms with Gasteiger partial charge >= 0.3 is 0 Å². The molecule has 2 amide bonds. The Balaban J connectivity index is 1.20. The first-order chi connectivity index (χ1) is 14.7. The van der Waals surface area contributed by atoms with Crippen molar-refractivity contribution < 1.29 is 9.59 Å². The highest BCUT2D eigenvalue weighted by Crippen LogP contribution is 2.22. The number of rotatable bonds is 6. The van der Waals surface area contributed by atoms with Gasteiger partial charge in [-0.25, -0.2) is 0 Å². The molecule has 30 heavy (non-hydrogen) atoms. The minimum atomic E-state index is -0.130. The van der Waals surface area contributed by atoms with E-state index in [1.54, 1.807) is 0 Å². The van der Waals surface area contributed by atoms with E-state index in [1.807, 2.05) is 53.4 Å². The van der Waals surface area contributed by atoms with Gasteiger partial charge in [-0.3, -0.25) is 9.59 Å². The molecule has 0 aliphatic carbocycles. The molecule has 1 aliphatic heterocycles. The maximum atomic E-state index is 12.5. The van der Waals surface area contributed by atoms with Crippen molar-refractivity contribution in [2.24, 2.45) is 5.92 Å². The third-order valence-corrected chi connectivity index (χ3v) is 5.97. The highest BCUT2D eigenvalue weighted by Gasteiger charge is 2.22. The molecule has 4 heteroatoms. The van der Waals surface area contributed by atoms with Crippen LogP contribution >= 0.6 is 0 Å². The molecule has 0 aromatic heterocycles. The molecule has 0 spiro atoms. The molecule has 0 bridgehead atoms. The van der Waals surface area contributed by atoms with Crippen LogP contribution in [0.3, 0.4) is 0 Å². The summed E-state index contributed by atoms with van der Waals surface area (Å²) in [6, 6.07) is 24.2. The van der Waals surface area contributed by atoms with Gasteiger partial charge in [0.2, 0.25) is 5.91 Å². The van der Waals surface area contributed by atoms with Gasteiger partial charge in [0.05, 0.1) is 0 Å². The average molecular weight is 401 g/mol. The van der Waals surface area contributed by atoms with Crippen LogP contribution in [-0.2, 0) is 11.2 Å². The molecule has 3 aromatic carbocycles. The van der Waals surface area contributed by atoms with E-state index in [0.29, 0.717) is 24.4 Å². The summed E-state index contributed by atoms with van der Waals surface area (Å²) in [7, 11) is 0. The van der Waals surface area contributed by atoms with Crippen molar-refractivity contribution in [2.45, 2.75) is 25.7 Å². The summed E-state index contributed by atoms with van der Waals surface area (Å²) in [6.45, 7) is 2.00. The molecule has 0 unspecified atom stereocenters. The van der Waals surface area contributed by atoms with Crippen LogP contribution in [0, 0.1) is 5.92 Å². The number of carbonyl (C=O) groups is 2. The Hall–Kier alpha value is -3.14. The maximum absolute atomic E-state index is 12.5. The molecule has 1 fully saturated rings. The Morgan fingerprint density at radius 1 is 0.867 bits per heavy atom. The Labute approximate surface area is 177 Å². The van der Waals surface area contributed by atoms with Crippen LogP contribution in [-0.4, -0.2) is 36.3 Å². The standard InChI is InChI=1S/C26H28N2O2/c29-25(28-16-13-21(14-17-28)18-20-6-2-1-3-7-20)12-15-27-26(30)24-11-10-22-8-4-5-9-23(22)19-24/h1-11,19,21H,12-18H2,(H,27,30). The Morgan fingerprint density at radius 2 is 1.57 bits per heavy atom. The second-order valence-corrected chi connectivity index (χ2v) is 8.08. The van der Waals surface area contributed by atoms with Gasteiger partial charge in [0, 0.05) is 31.6 Å². The first kappa shape index (κ1) is 20.1. The molecule has 4 rings (SSSR count). The Bertz CT molecular complexity index is 1010. The second-order valence-electron chi connectivity index (χ2n) is 8.08. The lowest BCUT2D eigenvalue weighted by atomic mass is 9.90. The van der Waals surface area contributed by atoms with Gasteiger partial charge in [0.25, 0.3) is 5.91 Å². The number of fused-ring (bicyclic) bond motifs is 1. The third-order valence-electron chi connectivity index (χ3n) is 5.97. The van der Waals surface area contributed by atoms with E-state index >= 15 is 0 Å². The lowest BCUT2D eigenvalue weighted by molar-refractivity contribution is -0.132. The fraction of sp³-hybridized carbons (Fsp3) is 0.308. The fourth-order valence-electron chi connectivity index (χ4n) is 4.21. The lowest BCUT2D eigenvalue weighted by Gasteiger charge is -2.32. The summed E-state index contributed by atoms with van der Waals surface area (Å²) in [4.78, 5) is 26.9. The first-order valence-electron chi connectivity index (χ1n) is 10.8. The third kappa shape index (κ3) is 5.07. The first-order valence-corrected chi connectivity index (χ1v) is 10.8. The topological polar surface area (TPSA) is 49.4 Å². The number of hydrogen-bond donors (Lipinski definition) is 1. The molecule has 1 N–H and O–H groups in total. The van der Waals surface area contributed by atoms with Gasteiger partial charge in [0.1, 0.15) is 0 Å².